The van der Waals surface area contributed by atoms with Crippen LogP contribution >= 0.6 is 0 Å². The number of hydrogen-bond acceptors (Lipinski definition) is 6. The number of para-hydroxylation sites is 1. The minimum absolute atomic E-state index is 0.0397. The summed E-state index contributed by atoms with van der Waals surface area (Å²) in [5.41, 5.74) is 1.80. The normalized spacial score (nSPS) is 17.9. The third-order valence-corrected chi connectivity index (χ3v) is 5.36. The van der Waals surface area contributed by atoms with Crippen molar-refractivity contribution in [3.05, 3.63) is 66.1 Å². The number of ether oxygens (including phenoxy) is 3. The predicted molar refractivity (Wildman–Crippen MR) is 117 cm³/mol. The topological polar surface area (TPSA) is 70.8 Å². The van der Waals surface area contributed by atoms with E-state index in [0.29, 0.717) is 41.5 Å². The maximum absolute atomic E-state index is 12.5. The van der Waals surface area contributed by atoms with Crippen LogP contribution in [0.2, 0.25) is 0 Å². The summed E-state index contributed by atoms with van der Waals surface area (Å²) in [6.07, 6.45) is 4.25. The fourth-order valence-electron chi connectivity index (χ4n) is 3.41. The molecule has 0 bridgehead atoms. The highest BCUT2D eigenvalue weighted by Gasteiger charge is 2.46. The Labute approximate surface area is 190 Å². The van der Waals surface area contributed by atoms with E-state index in [4.69, 9.17) is 13.9 Å². The Hall–Kier alpha value is -3.26. The first kappa shape index (κ1) is 22.9. The number of benzene rings is 2. The highest BCUT2D eigenvalue weighted by molar-refractivity contribution is 5.98. The summed E-state index contributed by atoms with van der Waals surface area (Å²) in [6.45, 7) is 0.539. The summed E-state index contributed by atoms with van der Waals surface area (Å²) in [4.78, 5) is 16.9. The maximum atomic E-state index is 12.5. The number of rotatable bonds is 9. The van der Waals surface area contributed by atoms with E-state index >= 15 is 0 Å². The van der Waals surface area contributed by atoms with Crippen LogP contribution in [0.1, 0.15) is 35.8 Å². The minimum atomic E-state index is -2.87. The van der Waals surface area contributed by atoms with Crippen molar-refractivity contribution < 1.29 is 32.2 Å². The lowest BCUT2D eigenvalue weighted by Gasteiger charge is -2.08. The van der Waals surface area contributed by atoms with Crippen molar-refractivity contribution in [1.82, 2.24) is 4.98 Å². The molecule has 3 aromatic rings. The van der Waals surface area contributed by atoms with E-state index in [2.05, 4.69) is 9.72 Å². The molecular weight excluding hydrogens is 432 g/mol. The molecule has 0 N–H and O–H groups in total. The van der Waals surface area contributed by atoms with Crippen molar-refractivity contribution in [2.75, 3.05) is 13.2 Å². The van der Waals surface area contributed by atoms with Crippen LogP contribution in [0.4, 0.5) is 8.78 Å². The van der Waals surface area contributed by atoms with Crippen molar-refractivity contribution >= 4 is 5.78 Å². The van der Waals surface area contributed by atoms with Gasteiger partial charge in [-0.2, -0.15) is 8.78 Å². The zero-order valence-electron chi connectivity index (χ0n) is 18.2. The van der Waals surface area contributed by atoms with Crippen molar-refractivity contribution in [3.63, 3.8) is 0 Å². The number of oxazole rings is 1. The lowest BCUT2D eigenvalue weighted by molar-refractivity contribution is -0.0498. The molecule has 8 heteroatoms. The molecule has 0 spiro atoms. The second kappa shape index (κ2) is 10.6. The number of Topliss-reactive ketones (excluding diaryl/α,β-unsaturated/α-hetero) is 1. The molecule has 1 aliphatic heterocycles. The number of hydrogen-bond donors (Lipinski definition) is 0. The Bertz CT molecular complexity index is 1050. The van der Waals surface area contributed by atoms with Gasteiger partial charge in [0.15, 0.2) is 5.78 Å². The standard InChI is InChI=1S/C21H19F2NO4.C4H6O/c1-2-26-19-6-4-3-5-17(19)18(25)12-9-15-13-27-20(24-15)14-7-10-16(11-8-14)28-21(22)23;1-3-2-5-4(1)3/h3-8,10-11,13,21H,2,9,12H2,1H3;3-4H,1-2H2. The lowest BCUT2D eigenvalue weighted by atomic mass is 10.0. The van der Waals surface area contributed by atoms with Gasteiger partial charge in [-0.3, -0.25) is 4.79 Å². The zero-order chi connectivity index (χ0) is 23.2. The first-order chi connectivity index (χ1) is 16.0. The van der Waals surface area contributed by atoms with Gasteiger partial charge in [0.25, 0.3) is 0 Å². The van der Waals surface area contributed by atoms with Gasteiger partial charge in [-0.25, -0.2) is 4.98 Å². The third kappa shape index (κ3) is 6.16. The summed E-state index contributed by atoms with van der Waals surface area (Å²) >= 11 is 0. The molecule has 0 radical (unpaired) electrons. The Morgan fingerprint density at radius 2 is 1.94 bits per heavy atom. The molecule has 2 unspecified atom stereocenters. The van der Waals surface area contributed by atoms with E-state index in [-0.39, 0.29) is 18.0 Å². The first-order valence-corrected chi connectivity index (χ1v) is 10.9. The van der Waals surface area contributed by atoms with Gasteiger partial charge in [0.1, 0.15) is 17.8 Å². The number of fused-ring (bicyclic) bond motifs is 1. The van der Waals surface area contributed by atoms with Crippen LogP contribution in [0.5, 0.6) is 11.5 Å². The molecule has 2 fully saturated rings. The highest BCUT2D eigenvalue weighted by Crippen LogP contribution is 2.42. The fraction of sp³-hybridized carbons (Fsp3) is 0.360. The Balaban J connectivity index is 0.000000447. The van der Waals surface area contributed by atoms with Gasteiger partial charge in [-0.15, -0.1) is 0 Å². The molecule has 6 nitrogen and oxygen atoms in total. The highest BCUT2D eigenvalue weighted by atomic mass is 19.3. The average Bonchev–Trinajstić information content (AvgIpc) is 3.17. The second-order valence-corrected chi connectivity index (χ2v) is 7.77. The number of halogens is 2. The van der Waals surface area contributed by atoms with Crippen LogP contribution in [-0.2, 0) is 11.2 Å². The van der Waals surface area contributed by atoms with Crippen molar-refractivity contribution in [2.45, 2.75) is 38.9 Å². The molecule has 2 aromatic carbocycles. The number of carbonyl (C=O) groups excluding carboxylic acids is 1. The SMILES string of the molecule is C1OC2CC12.CCOc1ccccc1C(=O)CCc1coc(-c2ccc(OC(F)F)cc2)n1. The molecule has 2 heterocycles. The molecular formula is C25H25F2NO5. The summed E-state index contributed by atoms with van der Waals surface area (Å²) in [5, 5.41) is 0. The molecule has 174 valence electrons. The largest absolute Gasteiger partial charge is 0.493 e. The minimum Gasteiger partial charge on any atom is -0.493 e. The van der Waals surface area contributed by atoms with E-state index in [1.165, 1.54) is 24.8 Å². The van der Waals surface area contributed by atoms with Gasteiger partial charge in [-0.1, -0.05) is 12.1 Å². The van der Waals surface area contributed by atoms with Crippen molar-refractivity contribution in [1.29, 1.82) is 0 Å². The Kier molecular flexibility index (Phi) is 7.34. The number of aromatic nitrogens is 1. The molecule has 2 atom stereocenters. The molecule has 5 rings (SSSR count). The summed E-state index contributed by atoms with van der Waals surface area (Å²) in [5.74, 6) is 1.95. The fourth-order valence-corrected chi connectivity index (χ4v) is 3.41. The van der Waals surface area contributed by atoms with E-state index in [1.54, 1.807) is 30.3 Å². The van der Waals surface area contributed by atoms with Crippen molar-refractivity contribution in [3.8, 4) is 23.0 Å². The average molecular weight is 457 g/mol. The van der Waals surface area contributed by atoms with Crippen LogP contribution in [-0.4, -0.2) is 36.7 Å². The molecule has 1 aromatic heterocycles. The molecule has 0 amide bonds. The summed E-state index contributed by atoms with van der Waals surface area (Å²) in [6, 6.07) is 13.1. The van der Waals surface area contributed by atoms with Gasteiger partial charge in [0.2, 0.25) is 5.89 Å². The van der Waals surface area contributed by atoms with Crippen LogP contribution in [0.15, 0.2) is 59.2 Å². The number of ketones is 1. The quantitative estimate of drug-likeness (QED) is 0.392. The lowest BCUT2D eigenvalue weighted by Crippen LogP contribution is -2.12. The van der Waals surface area contributed by atoms with Gasteiger partial charge >= 0.3 is 6.61 Å². The summed E-state index contributed by atoms with van der Waals surface area (Å²) < 4.78 is 44.6. The second-order valence-electron chi connectivity index (χ2n) is 7.77. The maximum Gasteiger partial charge on any atom is 0.387 e. The van der Waals surface area contributed by atoms with E-state index < -0.39 is 6.61 Å². The third-order valence-electron chi connectivity index (χ3n) is 5.36. The van der Waals surface area contributed by atoms with E-state index in [0.717, 1.165) is 18.6 Å². The van der Waals surface area contributed by atoms with Gasteiger partial charge in [0, 0.05) is 24.3 Å². The monoisotopic (exact) mass is 457 g/mol. The summed E-state index contributed by atoms with van der Waals surface area (Å²) in [7, 11) is 0. The van der Waals surface area contributed by atoms with Gasteiger partial charge < -0.3 is 18.6 Å². The van der Waals surface area contributed by atoms with Gasteiger partial charge in [0.05, 0.1) is 30.6 Å². The molecule has 1 saturated carbocycles. The Morgan fingerprint density at radius 3 is 2.55 bits per heavy atom. The first-order valence-electron chi connectivity index (χ1n) is 10.9. The van der Waals surface area contributed by atoms with Crippen LogP contribution < -0.4 is 9.47 Å². The molecule has 2 aliphatic rings. The van der Waals surface area contributed by atoms with Crippen LogP contribution in [0.25, 0.3) is 11.5 Å². The van der Waals surface area contributed by atoms with Crippen LogP contribution in [0, 0.1) is 5.92 Å². The number of alkyl halides is 2. The molecule has 1 saturated heterocycles. The molecule has 1 aliphatic carbocycles. The number of nitrogens with zero attached hydrogens (tertiary/aromatic N) is 1. The number of aryl methyl sites for hydroxylation is 1. The van der Waals surface area contributed by atoms with Crippen LogP contribution in [0.3, 0.4) is 0 Å². The van der Waals surface area contributed by atoms with Gasteiger partial charge in [-0.05, 0) is 49.7 Å². The molecule has 33 heavy (non-hydrogen) atoms. The van der Waals surface area contributed by atoms with Crippen molar-refractivity contribution in [2.24, 2.45) is 5.92 Å². The van der Waals surface area contributed by atoms with E-state index in [1.807, 2.05) is 13.0 Å². The zero-order valence-corrected chi connectivity index (χ0v) is 18.2. The van der Waals surface area contributed by atoms with E-state index in [9.17, 15) is 13.6 Å². The predicted octanol–water partition coefficient (Wildman–Crippen LogP) is 5.56. The smallest absolute Gasteiger partial charge is 0.387 e. The Morgan fingerprint density at radius 1 is 1.18 bits per heavy atom. The number of carbonyl (C=O) groups is 1.